The van der Waals surface area contributed by atoms with Gasteiger partial charge >= 0.3 is 6.18 Å². The molecule has 5 nitrogen and oxygen atoms in total. The monoisotopic (exact) mass is 403 g/mol. The topological polar surface area (TPSA) is 60.2 Å². The molecule has 8 heteroatoms. The predicted molar refractivity (Wildman–Crippen MR) is 101 cm³/mol. The van der Waals surface area contributed by atoms with E-state index in [1.54, 1.807) is 0 Å². The van der Waals surface area contributed by atoms with Gasteiger partial charge < -0.3 is 14.6 Å². The summed E-state index contributed by atoms with van der Waals surface area (Å²) in [6.07, 6.45) is -3.76. The van der Waals surface area contributed by atoms with Crippen LogP contribution in [0, 0.1) is 0 Å². The molecule has 2 aromatic carbocycles. The molecule has 0 amide bonds. The van der Waals surface area contributed by atoms with Crippen LogP contribution in [-0.4, -0.2) is 36.0 Å². The van der Waals surface area contributed by atoms with Crippen molar-refractivity contribution in [1.29, 1.82) is 0 Å². The number of hydrogen-bond donors (Lipinski definition) is 1. The summed E-state index contributed by atoms with van der Waals surface area (Å²) in [7, 11) is 0. The summed E-state index contributed by atoms with van der Waals surface area (Å²) < 4.78 is 48.9. The maximum atomic E-state index is 12.7. The SMILES string of the molecule is FC(F)(F)COC1(c2nc(-c3ccc(-c4ccccc4)cc3)no2)CCNCC1. The first-order valence-electron chi connectivity index (χ1n) is 9.37. The molecule has 3 aromatic rings. The Labute approximate surface area is 165 Å². The van der Waals surface area contributed by atoms with Crippen molar-refractivity contribution in [2.75, 3.05) is 19.7 Å². The van der Waals surface area contributed by atoms with E-state index in [4.69, 9.17) is 9.26 Å². The molecule has 1 aliphatic rings. The molecular formula is C21H20F3N3O2. The van der Waals surface area contributed by atoms with E-state index in [0.29, 0.717) is 31.8 Å². The van der Waals surface area contributed by atoms with E-state index >= 15 is 0 Å². The van der Waals surface area contributed by atoms with Gasteiger partial charge in [-0.05, 0) is 37.1 Å². The molecule has 0 radical (unpaired) electrons. The highest BCUT2D eigenvalue weighted by Gasteiger charge is 2.43. The van der Waals surface area contributed by atoms with Crippen LogP contribution in [0.15, 0.2) is 59.1 Å². The van der Waals surface area contributed by atoms with Crippen molar-refractivity contribution in [2.45, 2.75) is 24.6 Å². The van der Waals surface area contributed by atoms with E-state index in [0.717, 1.165) is 16.7 Å². The Morgan fingerprint density at radius 3 is 2.21 bits per heavy atom. The van der Waals surface area contributed by atoms with Gasteiger partial charge in [-0.3, -0.25) is 0 Å². The van der Waals surface area contributed by atoms with Crippen molar-refractivity contribution in [2.24, 2.45) is 0 Å². The van der Waals surface area contributed by atoms with E-state index in [9.17, 15) is 13.2 Å². The van der Waals surface area contributed by atoms with Gasteiger partial charge in [0.2, 0.25) is 5.82 Å². The summed E-state index contributed by atoms with van der Waals surface area (Å²) in [5.41, 5.74) is 1.62. The van der Waals surface area contributed by atoms with E-state index in [1.807, 2.05) is 54.6 Å². The number of nitrogens with zero attached hydrogens (tertiary/aromatic N) is 2. The lowest BCUT2D eigenvalue weighted by Crippen LogP contribution is -2.43. The van der Waals surface area contributed by atoms with E-state index in [2.05, 4.69) is 15.5 Å². The zero-order valence-electron chi connectivity index (χ0n) is 15.6. The van der Waals surface area contributed by atoms with Gasteiger partial charge in [0.15, 0.2) is 0 Å². The lowest BCUT2D eigenvalue weighted by atomic mass is 9.92. The second kappa shape index (κ2) is 7.96. The second-order valence-electron chi connectivity index (χ2n) is 7.01. The summed E-state index contributed by atoms with van der Waals surface area (Å²) in [5.74, 6) is 0.415. The third-order valence-electron chi connectivity index (χ3n) is 4.99. The fourth-order valence-corrected chi connectivity index (χ4v) is 3.44. The molecule has 29 heavy (non-hydrogen) atoms. The molecule has 1 aromatic heterocycles. The lowest BCUT2D eigenvalue weighted by Gasteiger charge is -2.34. The third-order valence-corrected chi connectivity index (χ3v) is 4.99. The highest BCUT2D eigenvalue weighted by molar-refractivity contribution is 5.67. The first-order valence-corrected chi connectivity index (χ1v) is 9.37. The van der Waals surface area contributed by atoms with Crippen molar-refractivity contribution in [1.82, 2.24) is 15.5 Å². The van der Waals surface area contributed by atoms with Crippen molar-refractivity contribution in [3.8, 4) is 22.5 Å². The van der Waals surface area contributed by atoms with Gasteiger partial charge in [-0.1, -0.05) is 59.8 Å². The van der Waals surface area contributed by atoms with E-state index in [1.165, 1.54) is 0 Å². The molecule has 2 heterocycles. The van der Waals surface area contributed by atoms with Crippen LogP contribution in [-0.2, 0) is 10.3 Å². The molecule has 1 N–H and O–H groups in total. The average molecular weight is 403 g/mol. The molecular weight excluding hydrogens is 383 g/mol. The zero-order chi connectivity index (χ0) is 20.3. The van der Waals surface area contributed by atoms with Gasteiger partial charge in [0.05, 0.1) is 0 Å². The molecule has 152 valence electrons. The Morgan fingerprint density at radius 2 is 1.55 bits per heavy atom. The van der Waals surface area contributed by atoms with E-state index < -0.39 is 18.4 Å². The standard InChI is InChI=1S/C21H20F3N3O2/c22-21(23,24)14-28-20(10-12-25-13-11-20)19-26-18(27-29-19)17-8-6-16(7-9-17)15-4-2-1-3-5-15/h1-9,25H,10-14H2. The normalized spacial score (nSPS) is 16.7. The number of piperidine rings is 1. The van der Waals surface area contributed by atoms with Crippen molar-refractivity contribution in [3.05, 3.63) is 60.5 Å². The van der Waals surface area contributed by atoms with Crippen molar-refractivity contribution < 1.29 is 22.4 Å². The molecule has 0 unspecified atom stereocenters. The number of benzene rings is 2. The Hall–Kier alpha value is -2.71. The Kier molecular flexibility index (Phi) is 5.38. The van der Waals surface area contributed by atoms with Crippen LogP contribution in [0.3, 0.4) is 0 Å². The van der Waals surface area contributed by atoms with Crippen molar-refractivity contribution >= 4 is 0 Å². The third kappa shape index (κ3) is 4.49. The lowest BCUT2D eigenvalue weighted by molar-refractivity contribution is -0.217. The van der Waals surface area contributed by atoms with Crippen LogP contribution in [0.5, 0.6) is 0 Å². The number of halogens is 3. The summed E-state index contributed by atoms with van der Waals surface area (Å²) in [5, 5.41) is 7.10. The number of rotatable bonds is 5. The Morgan fingerprint density at radius 1 is 0.931 bits per heavy atom. The van der Waals surface area contributed by atoms with Crippen LogP contribution in [0.2, 0.25) is 0 Å². The van der Waals surface area contributed by atoms with Gasteiger partial charge in [0.25, 0.3) is 5.89 Å². The summed E-state index contributed by atoms with van der Waals surface area (Å²) in [4.78, 5) is 4.38. The molecule has 4 rings (SSSR count). The minimum Gasteiger partial charge on any atom is -0.356 e. The minimum absolute atomic E-state index is 0.0883. The smallest absolute Gasteiger partial charge is 0.356 e. The number of nitrogens with one attached hydrogen (secondary N) is 1. The second-order valence-corrected chi connectivity index (χ2v) is 7.01. The van der Waals surface area contributed by atoms with Crippen LogP contribution in [0.1, 0.15) is 18.7 Å². The first kappa shape index (κ1) is 19.6. The first-order chi connectivity index (χ1) is 14.0. The maximum absolute atomic E-state index is 12.7. The van der Waals surface area contributed by atoms with Gasteiger partial charge in [-0.2, -0.15) is 18.2 Å². The van der Waals surface area contributed by atoms with Crippen LogP contribution in [0.25, 0.3) is 22.5 Å². The highest BCUT2D eigenvalue weighted by atomic mass is 19.4. The molecule has 1 fully saturated rings. The maximum Gasteiger partial charge on any atom is 0.411 e. The van der Waals surface area contributed by atoms with Gasteiger partial charge in [-0.15, -0.1) is 0 Å². The number of alkyl halides is 3. The number of aromatic nitrogens is 2. The summed E-state index contributed by atoms with van der Waals surface area (Å²) in [6, 6.07) is 17.5. The van der Waals surface area contributed by atoms with Crippen LogP contribution < -0.4 is 5.32 Å². The van der Waals surface area contributed by atoms with Gasteiger partial charge in [0.1, 0.15) is 12.2 Å². The number of hydrogen-bond acceptors (Lipinski definition) is 5. The van der Waals surface area contributed by atoms with Crippen molar-refractivity contribution in [3.63, 3.8) is 0 Å². The Bertz CT molecular complexity index is 934. The average Bonchev–Trinajstić information content (AvgIpc) is 3.24. The molecule has 0 spiro atoms. The molecule has 1 aliphatic heterocycles. The zero-order valence-corrected chi connectivity index (χ0v) is 15.6. The minimum atomic E-state index is -4.42. The molecule has 1 saturated heterocycles. The van der Waals surface area contributed by atoms with Gasteiger partial charge in [0, 0.05) is 5.56 Å². The summed E-state index contributed by atoms with van der Waals surface area (Å²) in [6.45, 7) is -0.320. The molecule has 0 bridgehead atoms. The molecule has 0 saturated carbocycles. The predicted octanol–water partition coefficient (Wildman–Crippen LogP) is 4.56. The van der Waals surface area contributed by atoms with Crippen LogP contribution >= 0.6 is 0 Å². The molecule has 0 atom stereocenters. The fourth-order valence-electron chi connectivity index (χ4n) is 3.44. The van der Waals surface area contributed by atoms with E-state index in [-0.39, 0.29) is 5.89 Å². The molecule has 0 aliphatic carbocycles. The highest BCUT2D eigenvalue weighted by Crippen LogP contribution is 2.36. The largest absolute Gasteiger partial charge is 0.411 e. The van der Waals surface area contributed by atoms with Gasteiger partial charge in [-0.25, -0.2) is 0 Å². The summed E-state index contributed by atoms with van der Waals surface area (Å²) >= 11 is 0. The Balaban J connectivity index is 1.57. The number of ether oxygens (including phenoxy) is 1. The van der Waals surface area contributed by atoms with Crippen LogP contribution in [0.4, 0.5) is 13.2 Å². The quantitative estimate of drug-likeness (QED) is 0.677. The fraction of sp³-hybridized carbons (Fsp3) is 0.333.